The summed E-state index contributed by atoms with van der Waals surface area (Å²) in [5, 5.41) is 20.3. The van der Waals surface area contributed by atoms with Crippen molar-refractivity contribution in [2.75, 3.05) is 0 Å². The Kier molecular flexibility index (Phi) is 6.31. The molecule has 0 spiro atoms. The lowest BCUT2D eigenvalue weighted by Crippen LogP contribution is -2.37. The van der Waals surface area contributed by atoms with Crippen molar-refractivity contribution in [2.45, 2.75) is 50.2 Å². The second-order valence-electron chi connectivity index (χ2n) is 3.32. The second kappa shape index (κ2) is 6.66. The number of carbonyl (C=O) groups excluding carboxylic acids is 1. The maximum Gasteiger partial charge on any atom is 0.222 e. The number of carboxylic acid groups (broad SMARTS) is 1. The highest BCUT2D eigenvalue weighted by atomic mass is 32.2. The predicted molar refractivity (Wildman–Crippen MR) is 57.2 cm³/mol. The van der Waals surface area contributed by atoms with E-state index in [4.69, 9.17) is 0 Å². The topological polar surface area (TPSA) is 83.3 Å². The monoisotopic (exact) mass is 234 g/mol. The van der Waals surface area contributed by atoms with Crippen molar-refractivity contribution < 1.29 is 14.8 Å². The minimum atomic E-state index is -1.14. The zero-order valence-corrected chi connectivity index (χ0v) is 9.95. The van der Waals surface area contributed by atoms with Crippen molar-refractivity contribution in [2.24, 2.45) is 0 Å². The first kappa shape index (κ1) is 14.2. The van der Waals surface area contributed by atoms with Crippen molar-refractivity contribution in [3.63, 3.8) is 0 Å². The van der Waals surface area contributed by atoms with E-state index >= 15 is 0 Å². The minimum absolute atomic E-state index is 0.275. The second-order valence-corrected chi connectivity index (χ2v) is 4.77. The summed E-state index contributed by atoms with van der Waals surface area (Å²) in [6.45, 7) is 5.06. The van der Waals surface area contributed by atoms with E-state index in [1.54, 1.807) is 6.92 Å². The molecule has 0 N–H and O–H groups in total. The van der Waals surface area contributed by atoms with Gasteiger partial charge in [-0.2, -0.15) is 0 Å². The first-order valence-corrected chi connectivity index (χ1v) is 5.88. The van der Waals surface area contributed by atoms with Crippen molar-refractivity contribution in [3.8, 4) is 0 Å². The highest BCUT2D eigenvalue weighted by Gasteiger charge is 2.28. The molecule has 0 aliphatic carbocycles. The largest absolute Gasteiger partial charge is 0.549 e. The summed E-state index contributed by atoms with van der Waals surface area (Å²) in [5.74, 6) is -1.14. The molecule has 0 rings (SSSR count). The smallest absolute Gasteiger partial charge is 0.222 e. The van der Waals surface area contributed by atoms with Crippen molar-refractivity contribution in [3.05, 3.63) is 10.1 Å². The number of hydrogen-bond donors (Lipinski definition) is 0. The van der Waals surface area contributed by atoms with Gasteiger partial charge in [0.05, 0.1) is 11.2 Å². The van der Waals surface area contributed by atoms with E-state index in [1.165, 1.54) is 6.92 Å². The molecular weight excluding hydrogens is 218 g/mol. The van der Waals surface area contributed by atoms with Crippen LogP contribution >= 0.6 is 11.8 Å². The summed E-state index contributed by atoms with van der Waals surface area (Å²) in [6.07, 6.45) is 1.00. The van der Waals surface area contributed by atoms with E-state index in [-0.39, 0.29) is 10.2 Å². The molecule has 0 bridgehead atoms. The Morgan fingerprint density at radius 2 is 1.93 bits per heavy atom. The van der Waals surface area contributed by atoms with E-state index in [0.717, 1.165) is 11.8 Å². The molecule has 5 nitrogen and oxygen atoms in total. The molecule has 0 aromatic heterocycles. The summed E-state index contributed by atoms with van der Waals surface area (Å²) < 4.78 is 0. The van der Waals surface area contributed by atoms with Gasteiger partial charge >= 0.3 is 0 Å². The highest BCUT2D eigenvalue weighted by molar-refractivity contribution is 8.01. The number of aliphatic carboxylic acids is 1. The van der Waals surface area contributed by atoms with E-state index in [9.17, 15) is 20.0 Å². The van der Waals surface area contributed by atoms with Crippen molar-refractivity contribution >= 4 is 17.7 Å². The molecule has 0 radical (unpaired) electrons. The minimum Gasteiger partial charge on any atom is -0.549 e. The van der Waals surface area contributed by atoms with Crippen LogP contribution in [-0.2, 0) is 4.79 Å². The molecule has 88 valence electrons. The van der Waals surface area contributed by atoms with Crippen LogP contribution in [0.4, 0.5) is 0 Å². The molecule has 0 amide bonds. The molecule has 0 saturated carbocycles. The Balaban J connectivity index is 4.43. The zero-order chi connectivity index (χ0) is 12.0. The van der Waals surface area contributed by atoms with Crippen LogP contribution in [0.25, 0.3) is 0 Å². The van der Waals surface area contributed by atoms with Crippen LogP contribution in [-0.4, -0.2) is 27.4 Å². The molecule has 3 atom stereocenters. The Hall–Kier alpha value is -0.780. The van der Waals surface area contributed by atoms with Gasteiger partial charge < -0.3 is 9.90 Å². The van der Waals surface area contributed by atoms with Crippen LogP contribution in [0.2, 0.25) is 0 Å². The van der Waals surface area contributed by atoms with E-state index in [2.05, 4.69) is 0 Å². The molecule has 0 aliphatic rings. The van der Waals surface area contributed by atoms with Gasteiger partial charge in [0, 0.05) is 17.1 Å². The van der Waals surface area contributed by atoms with Gasteiger partial charge in [0.2, 0.25) is 6.04 Å². The number of carboxylic acids is 1. The van der Waals surface area contributed by atoms with E-state index < -0.39 is 17.3 Å². The third-order valence-electron chi connectivity index (χ3n) is 2.25. The molecule has 3 unspecified atom stereocenters. The quantitative estimate of drug-likeness (QED) is 0.478. The summed E-state index contributed by atoms with van der Waals surface area (Å²) in [6, 6.07) is -0.728. The SMILES string of the molecule is CCC(SC(CC)C(C)[N+](=O)[O-])C(=O)[O-]. The number of nitro groups is 1. The summed E-state index contributed by atoms with van der Waals surface area (Å²) >= 11 is 1.13. The summed E-state index contributed by atoms with van der Waals surface area (Å²) in [7, 11) is 0. The first-order chi connectivity index (χ1) is 6.93. The zero-order valence-electron chi connectivity index (χ0n) is 9.13. The lowest BCUT2D eigenvalue weighted by molar-refractivity contribution is -0.517. The maximum atomic E-state index is 10.7. The number of hydrogen-bond acceptors (Lipinski definition) is 5. The van der Waals surface area contributed by atoms with Crippen LogP contribution in [0.1, 0.15) is 33.6 Å². The summed E-state index contributed by atoms with van der Waals surface area (Å²) in [4.78, 5) is 20.9. The molecule has 0 saturated heterocycles. The Morgan fingerprint density at radius 1 is 1.40 bits per heavy atom. The predicted octanol–water partition coefficient (Wildman–Crippen LogP) is 0.692. The van der Waals surface area contributed by atoms with Crippen molar-refractivity contribution in [1.82, 2.24) is 0 Å². The van der Waals surface area contributed by atoms with Crippen LogP contribution in [0.15, 0.2) is 0 Å². The lowest BCUT2D eigenvalue weighted by atomic mass is 10.2. The van der Waals surface area contributed by atoms with Gasteiger partial charge in [-0.3, -0.25) is 10.1 Å². The molecular formula is C9H16NO4S-. The van der Waals surface area contributed by atoms with Crippen molar-refractivity contribution in [1.29, 1.82) is 0 Å². The van der Waals surface area contributed by atoms with Crippen LogP contribution < -0.4 is 5.11 Å². The number of rotatable bonds is 7. The Morgan fingerprint density at radius 3 is 2.20 bits per heavy atom. The third-order valence-corrected chi connectivity index (χ3v) is 4.18. The maximum absolute atomic E-state index is 10.7. The average Bonchev–Trinajstić information content (AvgIpc) is 2.18. The standard InChI is InChI=1S/C9H17NO4S/c1-4-7(6(3)10(13)14)15-8(5-2)9(11)12/h6-8H,4-5H2,1-3H3,(H,11,12)/p-1. The molecule has 0 heterocycles. The lowest BCUT2D eigenvalue weighted by Gasteiger charge is -2.22. The summed E-state index contributed by atoms with van der Waals surface area (Å²) in [5.41, 5.74) is 0. The van der Waals surface area contributed by atoms with Gasteiger partial charge in [-0.25, -0.2) is 0 Å². The molecule has 15 heavy (non-hydrogen) atoms. The number of carbonyl (C=O) groups is 1. The Labute approximate surface area is 93.4 Å². The van der Waals surface area contributed by atoms with Crippen LogP contribution in [0.3, 0.4) is 0 Å². The molecule has 0 aromatic carbocycles. The number of nitrogens with zero attached hydrogens (tertiary/aromatic N) is 1. The Bertz CT molecular complexity index is 234. The fourth-order valence-corrected chi connectivity index (χ4v) is 2.46. The van der Waals surface area contributed by atoms with Gasteiger partial charge in [0.25, 0.3) is 0 Å². The van der Waals surface area contributed by atoms with E-state index in [1.807, 2.05) is 6.92 Å². The van der Waals surface area contributed by atoms with Crippen LogP contribution in [0.5, 0.6) is 0 Å². The fraction of sp³-hybridized carbons (Fsp3) is 0.889. The van der Waals surface area contributed by atoms with Gasteiger partial charge in [-0.05, 0) is 12.8 Å². The normalized spacial score (nSPS) is 16.7. The van der Waals surface area contributed by atoms with Gasteiger partial charge in [-0.15, -0.1) is 11.8 Å². The third kappa shape index (κ3) is 4.51. The van der Waals surface area contributed by atoms with Gasteiger partial charge in [0.15, 0.2) is 0 Å². The average molecular weight is 234 g/mol. The molecule has 6 heteroatoms. The molecule has 0 aliphatic heterocycles. The molecule has 0 fully saturated rings. The van der Waals surface area contributed by atoms with E-state index in [0.29, 0.717) is 12.8 Å². The fourth-order valence-electron chi connectivity index (χ4n) is 1.22. The van der Waals surface area contributed by atoms with Gasteiger partial charge in [0.1, 0.15) is 0 Å². The van der Waals surface area contributed by atoms with Crippen LogP contribution in [0, 0.1) is 10.1 Å². The highest BCUT2D eigenvalue weighted by Crippen LogP contribution is 2.26. The molecule has 0 aromatic rings. The number of thioether (sulfide) groups is 1. The van der Waals surface area contributed by atoms with Gasteiger partial charge in [-0.1, -0.05) is 13.8 Å². The first-order valence-electron chi connectivity index (χ1n) is 4.93.